The molecular weight excluding hydrogens is 360 g/mol. The number of rotatable bonds is 8. The Kier molecular flexibility index (Phi) is 10.3. The molecular formula is C20H40N4O2S. The van der Waals surface area contributed by atoms with E-state index in [2.05, 4.69) is 29.5 Å². The number of carbonyl (C=O) groups is 1. The first-order valence-corrected chi connectivity index (χ1v) is 11.8. The van der Waals surface area contributed by atoms with E-state index in [1.165, 1.54) is 0 Å². The maximum absolute atomic E-state index is 12.5. The minimum atomic E-state index is -0.888. The number of nitrogens with zero attached hydrogens (tertiary/aromatic N) is 2. The minimum Gasteiger partial charge on any atom is -0.357 e. The Morgan fingerprint density at radius 3 is 2.26 bits per heavy atom. The molecule has 27 heavy (non-hydrogen) atoms. The summed E-state index contributed by atoms with van der Waals surface area (Å²) in [7, 11) is -0.888. The number of aliphatic imine (C=N–C) groups is 1. The summed E-state index contributed by atoms with van der Waals surface area (Å²) in [5, 5.41) is 6.76. The summed E-state index contributed by atoms with van der Waals surface area (Å²) >= 11 is 0. The second-order valence-corrected chi connectivity index (χ2v) is 10.5. The van der Waals surface area contributed by atoms with Crippen LogP contribution in [0.15, 0.2) is 4.99 Å². The lowest BCUT2D eigenvalue weighted by molar-refractivity contribution is -0.136. The van der Waals surface area contributed by atoms with Crippen LogP contribution in [0.1, 0.15) is 67.2 Å². The molecule has 1 atom stereocenters. The van der Waals surface area contributed by atoms with Gasteiger partial charge >= 0.3 is 0 Å². The van der Waals surface area contributed by atoms with Gasteiger partial charge in [0.05, 0.1) is 6.54 Å². The predicted molar refractivity (Wildman–Crippen MR) is 116 cm³/mol. The summed E-state index contributed by atoms with van der Waals surface area (Å²) < 4.78 is 12.0. The van der Waals surface area contributed by atoms with Gasteiger partial charge in [0, 0.05) is 52.9 Å². The number of likely N-dealkylation sites (tertiary alicyclic amines) is 1. The SMILES string of the molecule is CCNC(=NCCS(=O)C(C)(C)C)NC1CCN(C(=O)C(CC)CC)CC1. The number of nitrogens with one attached hydrogen (secondary N) is 2. The molecule has 1 aliphatic heterocycles. The molecule has 0 aromatic rings. The number of amides is 1. The molecule has 0 aromatic heterocycles. The van der Waals surface area contributed by atoms with Crippen molar-refractivity contribution in [1.29, 1.82) is 0 Å². The zero-order valence-corrected chi connectivity index (χ0v) is 19.0. The lowest BCUT2D eigenvalue weighted by atomic mass is 9.98. The van der Waals surface area contributed by atoms with Crippen molar-refractivity contribution < 1.29 is 9.00 Å². The van der Waals surface area contributed by atoms with Crippen LogP contribution >= 0.6 is 0 Å². The van der Waals surface area contributed by atoms with Gasteiger partial charge in [-0.15, -0.1) is 0 Å². The van der Waals surface area contributed by atoms with E-state index in [9.17, 15) is 9.00 Å². The van der Waals surface area contributed by atoms with Crippen LogP contribution in [0, 0.1) is 5.92 Å². The molecule has 1 rings (SSSR count). The van der Waals surface area contributed by atoms with Crippen LogP contribution in [0.3, 0.4) is 0 Å². The Morgan fingerprint density at radius 2 is 1.78 bits per heavy atom. The highest BCUT2D eigenvalue weighted by Gasteiger charge is 2.26. The van der Waals surface area contributed by atoms with Crippen LogP contribution in [-0.4, -0.2) is 63.7 Å². The van der Waals surface area contributed by atoms with E-state index in [0.29, 0.717) is 24.2 Å². The standard InChI is InChI=1S/C20H40N4O2S/c1-7-16(8-2)18(25)24-13-10-17(11-14-24)23-19(21-9-3)22-12-15-27(26)20(4,5)6/h16-17H,7-15H2,1-6H3,(H2,21,22,23). The van der Waals surface area contributed by atoms with E-state index in [1.54, 1.807) is 0 Å². The summed E-state index contributed by atoms with van der Waals surface area (Å²) in [6, 6.07) is 0.321. The third-order valence-electron chi connectivity index (χ3n) is 5.06. The van der Waals surface area contributed by atoms with Gasteiger partial charge in [0.2, 0.25) is 5.91 Å². The summed E-state index contributed by atoms with van der Waals surface area (Å²) in [6.07, 6.45) is 3.70. The summed E-state index contributed by atoms with van der Waals surface area (Å²) in [4.78, 5) is 19.1. The highest BCUT2D eigenvalue weighted by atomic mass is 32.2. The average Bonchev–Trinajstić information content (AvgIpc) is 2.62. The van der Waals surface area contributed by atoms with Gasteiger partial charge in [0.25, 0.3) is 0 Å². The first kappa shape index (κ1) is 23.9. The van der Waals surface area contributed by atoms with Crippen molar-refractivity contribution in [3.8, 4) is 0 Å². The van der Waals surface area contributed by atoms with Gasteiger partial charge in [0.1, 0.15) is 0 Å². The fourth-order valence-corrected chi connectivity index (χ4v) is 4.07. The molecule has 0 aromatic carbocycles. The molecule has 158 valence electrons. The van der Waals surface area contributed by atoms with Crippen molar-refractivity contribution >= 4 is 22.7 Å². The monoisotopic (exact) mass is 400 g/mol. The van der Waals surface area contributed by atoms with Crippen molar-refractivity contribution in [3.05, 3.63) is 0 Å². The maximum Gasteiger partial charge on any atom is 0.225 e. The van der Waals surface area contributed by atoms with Crippen molar-refractivity contribution in [2.24, 2.45) is 10.9 Å². The number of guanidine groups is 1. The molecule has 0 radical (unpaired) electrons. The molecule has 0 saturated carbocycles. The Hall–Kier alpha value is -1.11. The molecule has 1 fully saturated rings. The Balaban J connectivity index is 2.51. The minimum absolute atomic E-state index is 0.164. The van der Waals surface area contributed by atoms with Crippen molar-refractivity contribution in [2.45, 2.75) is 78.0 Å². The Labute approximate surface area is 168 Å². The summed E-state index contributed by atoms with van der Waals surface area (Å²) in [6.45, 7) is 15.2. The molecule has 1 unspecified atom stereocenters. The summed E-state index contributed by atoms with van der Waals surface area (Å²) in [5.41, 5.74) is 0. The molecule has 0 spiro atoms. The van der Waals surface area contributed by atoms with Crippen LogP contribution in [0.2, 0.25) is 0 Å². The molecule has 0 bridgehead atoms. The fraction of sp³-hybridized carbons (Fsp3) is 0.900. The normalized spacial score (nSPS) is 17.9. The lowest BCUT2D eigenvalue weighted by Gasteiger charge is -2.34. The van der Waals surface area contributed by atoms with E-state index >= 15 is 0 Å². The van der Waals surface area contributed by atoms with E-state index in [0.717, 1.165) is 51.3 Å². The highest BCUT2D eigenvalue weighted by molar-refractivity contribution is 7.86. The van der Waals surface area contributed by atoms with E-state index in [1.807, 2.05) is 32.6 Å². The largest absolute Gasteiger partial charge is 0.357 e. The topological polar surface area (TPSA) is 73.8 Å². The Morgan fingerprint density at radius 1 is 1.19 bits per heavy atom. The molecule has 1 amide bonds. The smallest absolute Gasteiger partial charge is 0.225 e. The Bertz CT molecular complexity index is 505. The van der Waals surface area contributed by atoms with Crippen molar-refractivity contribution in [3.63, 3.8) is 0 Å². The van der Waals surface area contributed by atoms with Crippen LogP contribution < -0.4 is 10.6 Å². The van der Waals surface area contributed by atoms with Gasteiger partial charge in [0.15, 0.2) is 5.96 Å². The highest BCUT2D eigenvalue weighted by Crippen LogP contribution is 2.17. The van der Waals surface area contributed by atoms with Gasteiger partial charge in [-0.25, -0.2) is 0 Å². The number of hydrogen-bond donors (Lipinski definition) is 2. The van der Waals surface area contributed by atoms with Crippen LogP contribution in [0.5, 0.6) is 0 Å². The number of hydrogen-bond acceptors (Lipinski definition) is 3. The quantitative estimate of drug-likeness (QED) is 0.485. The van der Waals surface area contributed by atoms with Crippen LogP contribution in [-0.2, 0) is 15.6 Å². The van der Waals surface area contributed by atoms with Gasteiger partial charge < -0.3 is 15.5 Å². The zero-order valence-electron chi connectivity index (χ0n) is 18.1. The molecule has 1 aliphatic rings. The molecule has 2 N–H and O–H groups in total. The van der Waals surface area contributed by atoms with Gasteiger partial charge in [-0.05, 0) is 53.4 Å². The molecule has 1 heterocycles. The molecule has 6 nitrogen and oxygen atoms in total. The van der Waals surface area contributed by atoms with E-state index in [4.69, 9.17) is 0 Å². The first-order chi connectivity index (χ1) is 12.7. The second kappa shape index (κ2) is 11.7. The summed E-state index contributed by atoms with van der Waals surface area (Å²) in [5.74, 6) is 1.83. The van der Waals surface area contributed by atoms with E-state index < -0.39 is 10.8 Å². The molecule has 0 aliphatic carbocycles. The zero-order chi connectivity index (χ0) is 20.4. The van der Waals surface area contributed by atoms with Gasteiger partial charge in [-0.2, -0.15) is 0 Å². The third kappa shape index (κ3) is 8.20. The third-order valence-corrected chi connectivity index (χ3v) is 6.98. The fourth-order valence-electron chi connectivity index (χ4n) is 3.20. The average molecular weight is 401 g/mol. The van der Waals surface area contributed by atoms with Gasteiger partial charge in [-0.1, -0.05) is 13.8 Å². The van der Waals surface area contributed by atoms with Crippen LogP contribution in [0.4, 0.5) is 0 Å². The van der Waals surface area contributed by atoms with E-state index in [-0.39, 0.29) is 10.7 Å². The molecule has 7 heteroatoms. The van der Waals surface area contributed by atoms with Crippen molar-refractivity contribution in [2.75, 3.05) is 31.9 Å². The maximum atomic E-state index is 12.5. The van der Waals surface area contributed by atoms with Crippen LogP contribution in [0.25, 0.3) is 0 Å². The number of piperidine rings is 1. The van der Waals surface area contributed by atoms with Crippen molar-refractivity contribution in [1.82, 2.24) is 15.5 Å². The van der Waals surface area contributed by atoms with Gasteiger partial charge in [-0.3, -0.25) is 14.0 Å². The first-order valence-electron chi connectivity index (χ1n) is 10.4. The second-order valence-electron chi connectivity index (χ2n) is 8.18. The number of carbonyl (C=O) groups excluding carboxylic acids is 1. The lowest BCUT2D eigenvalue weighted by Crippen LogP contribution is -2.50. The predicted octanol–water partition coefficient (Wildman–Crippen LogP) is 2.52. The molecule has 1 saturated heterocycles.